The monoisotopic (exact) mass is 366 g/mol. The summed E-state index contributed by atoms with van der Waals surface area (Å²) in [5.41, 5.74) is 1.55. The largest absolute Gasteiger partial charge is 0.506 e. The second-order valence-electron chi connectivity index (χ2n) is 5.88. The van der Waals surface area contributed by atoms with E-state index in [4.69, 9.17) is 9.47 Å². The van der Waals surface area contributed by atoms with Gasteiger partial charge in [0.15, 0.2) is 11.5 Å². The van der Waals surface area contributed by atoms with Crippen LogP contribution in [0.2, 0.25) is 0 Å². The molecule has 0 saturated carbocycles. The van der Waals surface area contributed by atoms with Crippen LogP contribution in [0, 0.1) is 0 Å². The van der Waals surface area contributed by atoms with Gasteiger partial charge in [-0.25, -0.2) is 4.98 Å². The van der Waals surface area contributed by atoms with Crippen molar-refractivity contribution in [3.8, 4) is 17.2 Å². The fourth-order valence-corrected chi connectivity index (χ4v) is 2.74. The summed E-state index contributed by atoms with van der Waals surface area (Å²) >= 11 is 0. The van der Waals surface area contributed by atoms with E-state index in [2.05, 4.69) is 10.3 Å². The molecule has 0 saturated heterocycles. The molecule has 0 aliphatic heterocycles. The Labute approximate surface area is 157 Å². The average molecular weight is 366 g/mol. The summed E-state index contributed by atoms with van der Waals surface area (Å²) in [6, 6.07) is 14.1. The summed E-state index contributed by atoms with van der Waals surface area (Å²) in [7, 11) is 0. The van der Waals surface area contributed by atoms with E-state index in [0.29, 0.717) is 36.8 Å². The lowest BCUT2D eigenvalue weighted by molar-refractivity contribution is 0.0946. The second-order valence-corrected chi connectivity index (χ2v) is 5.88. The lowest BCUT2D eigenvalue weighted by atomic mass is 10.1. The highest BCUT2D eigenvalue weighted by molar-refractivity contribution is 5.95. The molecular weight excluding hydrogens is 344 g/mol. The van der Waals surface area contributed by atoms with Crippen LogP contribution < -0.4 is 14.8 Å². The third-order valence-corrected chi connectivity index (χ3v) is 3.99. The summed E-state index contributed by atoms with van der Waals surface area (Å²) in [4.78, 5) is 16.7. The number of carbonyl (C=O) groups excluding carboxylic acids is 1. The number of aromatic hydroxyl groups is 1. The maximum atomic E-state index is 12.4. The molecule has 3 rings (SSSR count). The van der Waals surface area contributed by atoms with Crippen molar-refractivity contribution in [2.45, 2.75) is 20.4 Å². The summed E-state index contributed by atoms with van der Waals surface area (Å²) < 4.78 is 11.2. The Bertz CT molecular complexity index is 956. The van der Waals surface area contributed by atoms with Gasteiger partial charge in [0.05, 0.1) is 13.2 Å². The standard InChI is InChI=1S/C21H22N2O4/c1-3-26-18-11-8-14(12-19(18)27-4-2)13-22-21(25)16-10-9-15-6-5-7-17(24)20(15)23-16/h5-12,24H,3-4,13H2,1-2H3,(H,22,25). The maximum Gasteiger partial charge on any atom is 0.270 e. The zero-order chi connectivity index (χ0) is 19.2. The number of nitrogens with one attached hydrogen (secondary N) is 1. The van der Waals surface area contributed by atoms with E-state index < -0.39 is 0 Å². The molecule has 2 aromatic carbocycles. The minimum Gasteiger partial charge on any atom is -0.506 e. The first-order valence-corrected chi connectivity index (χ1v) is 8.87. The maximum absolute atomic E-state index is 12.4. The molecule has 0 bridgehead atoms. The number of nitrogens with zero attached hydrogens (tertiary/aromatic N) is 1. The molecule has 3 aromatic rings. The van der Waals surface area contributed by atoms with Gasteiger partial charge in [0.1, 0.15) is 17.0 Å². The van der Waals surface area contributed by atoms with E-state index in [1.165, 1.54) is 0 Å². The van der Waals surface area contributed by atoms with Gasteiger partial charge in [-0.15, -0.1) is 0 Å². The van der Waals surface area contributed by atoms with E-state index in [0.717, 1.165) is 10.9 Å². The third kappa shape index (κ3) is 4.28. The van der Waals surface area contributed by atoms with Crippen LogP contribution in [-0.4, -0.2) is 29.2 Å². The molecule has 1 heterocycles. The average Bonchev–Trinajstić information content (AvgIpc) is 2.68. The Morgan fingerprint density at radius 1 is 1.04 bits per heavy atom. The Kier molecular flexibility index (Phi) is 5.76. The smallest absolute Gasteiger partial charge is 0.270 e. The van der Waals surface area contributed by atoms with Crippen LogP contribution in [0.4, 0.5) is 0 Å². The fraction of sp³-hybridized carbons (Fsp3) is 0.238. The topological polar surface area (TPSA) is 80.7 Å². The molecule has 27 heavy (non-hydrogen) atoms. The molecule has 6 heteroatoms. The van der Waals surface area contributed by atoms with Crippen molar-refractivity contribution in [2.75, 3.05) is 13.2 Å². The predicted molar refractivity (Wildman–Crippen MR) is 103 cm³/mol. The van der Waals surface area contributed by atoms with Crippen molar-refractivity contribution in [3.63, 3.8) is 0 Å². The summed E-state index contributed by atoms with van der Waals surface area (Å²) in [6.45, 7) is 5.23. The normalized spacial score (nSPS) is 10.6. The summed E-state index contributed by atoms with van der Waals surface area (Å²) in [5, 5.41) is 13.5. The predicted octanol–water partition coefficient (Wildman–Crippen LogP) is 3.67. The third-order valence-electron chi connectivity index (χ3n) is 3.99. The van der Waals surface area contributed by atoms with E-state index in [-0.39, 0.29) is 17.4 Å². The number of hydrogen-bond donors (Lipinski definition) is 2. The molecule has 0 fully saturated rings. The highest BCUT2D eigenvalue weighted by Crippen LogP contribution is 2.28. The Morgan fingerprint density at radius 3 is 2.59 bits per heavy atom. The van der Waals surface area contributed by atoms with Crippen LogP contribution in [0.1, 0.15) is 29.9 Å². The van der Waals surface area contributed by atoms with E-state index >= 15 is 0 Å². The van der Waals surface area contributed by atoms with Gasteiger partial charge in [-0.05, 0) is 43.7 Å². The number of fused-ring (bicyclic) bond motifs is 1. The fourth-order valence-electron chi connectivity index (χ4n) is 2.74. The van der Waals surface area contributed by atoms with Crippen molar-refractivity contribution < 1.29 is 19.4 Å². The van der Waals surface area contributed by atoms with Crippen LogP contribution in [0.5, 0.6) is 17.2 Å². The molecule has 140 valence electrons. The molecule has 0 atom stereocenters. The van der Waals surface area contributed by atoms with Gasteiger partial charge in [0, 0.05) is 11.9 Å². The van der Waals surface area contributed by atoms with Crippen molar-refractivity contribution >= 4 is 16.8 Å². The Hall–Kier alpha value is -3.28. The minimum absolute atomic E-state index is 0.0509. The molecule has 0 unspecified atom stereocenters. The molecule has 0 spiro atoms. The molecule has 2 N–H and O–H groups in total. The van der Waals surface area contributed by atoms with Gasteiger partial charge in [-0.2, -0.15) is 0 Å². The number of benzene rings is 2. The SMILES string of the molecule is CCOc1ccc(CNC(=O)c2ccc3cccc(O)c3n2)cc1OCC. The van der Waals surface area contributed by atoms with Crippen molar-refractivity contribution in [3.05, 3.63) is 59.8 Å². The van der Waals surface area contributed by atoms with Gasteiger partial charge < -0.3 is 19.9 Å². The molecule has 1 aromatic heterocycles. The molecular formula is C21H22N2O4. The van der Waals surface area contributed by atoms with Crippen LogP contribution in [0.25, 0.3) is 10.9 Å². The van der Waals surface area contributed by atoms with Gasteiger partial charge in [0.2, 0.25) is 0 Å². The first kappa shape index (κ1) is 18.5. The number of phenols is 1. The quantitative estimate of drug-likeness (QED) is 0.667. The Balaban J connectivity index is 1.73. The summed E-state index contributed by atoms with van der Waals surface area (Å²) in [6.07, 6.45) is 0. The first-order valence-electron chi connectivity index (χ1n) is 8.87. The lowest BCUT2D eigenvalue weighted by Crippen LogP contribution is -2.23. The van der Waals surface area contributed by atoms with Crippen molar-refractivity contribution in [1.82, 2.24) is 10.3 Å². The van der Waals surface area contributed by atoms with Crippen LogP contribution in [0.15, 0.2) is 48.5 Å². The zero-order valence-corrected chi connectivity index (χ0v) is 15.4. The molecule has 1 amide bonds. The van der Waals surface area contributed by atoms with Gasteiger partial charge in [-0.1, -0.05) is 24.3 Å². The van der Waals surface area contributed by atoms with E-state index in [1.807, 2.05) is 38.1 Å². The molecule has 6 nitrogen and oxygen atoms in total. The van der Waals surface area contributed by atoms with Gasteiger partial charge >= 0.3 is 0 Å². The van der Waals surface area contributed by atoms with Crippen molar-refractivity contribution in [2.24, 2.45) is 0 Å². The number of aromatic nitrogens is 1. The van der Waals surface area contributed by atoms with E-state index in [9.17, 15) is 9.90 Å². The zero-order valence-electron chi connectivity index (χ0n) is 15.4. The number of phenolic OH excluding ortho intramolecular Hbond substituents is 1. The van der Waals surface area contributed by atoms with Gasteiger partial charge in [-0.3, -0.25) is 4.79 Å². The lowest BCUT2D eigenvalue weighted by Gasteiger charge is -2.13. The Morgan fingerprint density at radius 2 is 1.81 bits per heavy atom. The number of rotatable bonds is 7. The molecule has 0 aliphatic carbocycles. The minimum atomic E-state index is -0.313. The van der Waals surface area contributed by atoms with Gasteiger partial charge in [0.25, 0.3) is 5.91 Å². The van der Waals surface area contributed by atoms with Crippen LogP contribution in [-0.2, 0) is 6.54 Å². The van der Waals surface area contributed by atoms with E-state index in [1.54, 1.807) is 24.3 Å². The van der Waals surface area contributed by atoms with Crippen LogP contribution in [0.3, 0.4) is 0 Å². The molecule has 0 aliphatic rings. The number of amides is 1. The first-order chi connectivity index (χ1) is 13.1. The number of pyridine rings is 1. The van der Waals surface area contributed by atoms with Crippen LogP contribution >= 0.6 is 0 Å². The summed E-state index contributed by atoms with van der Waals surface area (Å²) in [5.74, 6) is 1.07. The number of ether oxygens (including phenoxy) is 2. The highest BCUT2D eigenvalue weighted by Gasteiger charge is 2.11. The van der Waals surface area contributed by atoms with Crippen molar-refractivity contribution in [1.29, 1.82) is 0 Å². The second kappa shape index (κ2) is 8.40. The highest BCUT2D eigenvalue weighted by atomic mass is 16.5. The number of carbonyl (C=O) groups is 1. The molecule has 0 radical (unpaired) electrons. The number of hydrogen-bond acceptors (Lipinski definition) is 5. The number of para-hydroxylation sites is 1.